The Bertz CT molecular complexity index is 447. The van der Waals surface area contributed by atoms with Crippen molar-refractivity contribution in [3.63, 3.8) is 0 Å². The number of fused-ring (bicyclic) bond motifs is 1. The van der Waals surface area contributed by atoms with Crippen LogP contribution in [0.25, 0.3) is 11.2 Å². The fourth-order valence-electron chi connectivity index (χ4n) is 1.77. The first-order valence-electron chi connectivity index (χ1n) is 5.91. The van der Waals surface area contributed by atoms with E-state index in [1.807, 2.05) is 16.8 Å². The first kappa shape index (κ1) is 11.0. The Hall–Kier alpha value is -1.45. The van der Waals surface area contributed by atoms with Crippen molar-refractivity contribution < 1.29 is 0 Å². The second-order valence-corrected chi connectivity index (χ2v) is 4.55. The molecule has 0 aliphatic heterocycles. The SMILES string of the molecule is CC(C)CCCCn1nnc2cccnc21. The number of nitrogens with zero attached hydrogens (tertiary/aromatic N) is 4. The summed E-state index contributed by atoms with van der Waals surface area (Å²) in [6, 6.07) is 3.83. The second-order valence-electron chi connectivity index (χ2n) is 4.55. The third kappa shape index (κ3) is 2.56. The summed E-state index contributed by atoms with van der Waals surface area (Å²) < 4.78 is 1.90. The molecule has 86 valence electrons. The van der Waals surface area contributed by atoms with Crippen LogP contribution in [0.5, 0.6) is 0 Å². The fraction of sp³-hybridized carbons (Fsp3) is 0.583. The molecule has 2 heterocycles. The Morgan fingerprint density at radius 3 is 3.00 bits per heavy atom. The molecule has 0 atom stereocenters. The van der Waals surface area contributed by atoms with E-state index in [1.54, 1.807) is 6.20 Å². The molecule has 0 saturated heterocycles. The number of aromatic nitrogens is 4. The van der Waals surface area contributed by atoms with E-state index < -0.39 is 0 Å². The number of aryl methyl sites for hydroxylation is 1. The lowest BCUT2D eigenvalue weighted by molar-refractivity contribution is 0.490. The van der Waals surface area contributed by atoms with E-state index in [2.05, 4.69) is 29.1 Å². The lowest BCUT2D eigenvalue weighted by atomic mass is 10.1. The summed E-state index contributed by atoms with van der Waals surface area (Å²) in [6.07, 6.45) is 5.45. The van der Waals surface area contributed by atoms with Crippen LogP contribution in [-0.2, 0) is 6.54 Å². The maximum atomic E-state index is 4.29. The van der Waals surface area contributed by atoms with Gasteiger partial charge in [-0.15, -0.1) is 5.10 Å². The molecule has 0 fully saturated rings. The molecule has 0 amide bonds. The van der Waals surface area contributed by atoms with Gasteiger partial charge in [0.05, 0.1) is 0 Å². The van der Waals surface area contributed by atoms with Gasteiger partial charge in [0.15, 0.2) is 5.65 Å². The Labute approximate surface area is 95.7 Å². The highest BCUT2D eigenvalue weighted by atomic mass is 15.4. The molecule has 16 heavy (non-hydrogen) atoms. The Balaban J connectivity index is 1.94. The van der Waals surface area contributed by atoms with Crippen molar-refractivity contribution in [2.45, 2.75) is 39.7 Å². The van der Waals surface area contributed by atoms with E-state index in [0.29, 0.717) is 0 Å². The first-order chi connectivity index (χ1) is 7.77. The van der Waals surface area contributed by atoms with Crippen LogP contribution < -0.4 is 0 Å². The Kier molecular flexibility index (Phi) is 3.49. The third-order valence-electron chi connectivity index (χ3n) is 2.67. The van der Waals surface area contributed by atoms with E-state index in [-0.39, 0.29) is 0 Å². The van der Waals surface area contributed by atoms with Crippen molar-refractivity contribution >= 4 is 11.2 Å². The van der Waals surface area contributed by atoms with Crippen LogP contribution in [0.15, 0.2) is 18.3 Å². The minimum atomic E-state index is 0.783. The van der Waals surface area contributed by atoms with Crippen LogP contribution in [0, 0.1) is 5.92 Å². The van der Waals surface area contributed by atoms with Crippen LogP contribution in [0.2, 0.25) is 0 Å². The summed E-state index contributed by atoms with van der Waals surface area (Å²) in [6.45, 7) is 5.43. The van der Waals surface area contributed by atoms with Crippen molar-refractivity contribution in [2.75, 3.05) is 0 Å². The maximum Gasteiger partial charge on any atom is 0.178 e. The molecule has 0 spiro atoms. The summed E-state index contributed by atoms with van der Waals surface area (Å²) >= 11 is 0. The van der Waals surface area contributed by atoms with Gasteiger partial charge in [0.2, 0.25) is 0 Å². The minimum Gasteiger partial charge on any atom is -0.235 e. The summed E-state index contributed by atoms with van der Waals surface area (Å²) in [5.41, 5.74) is 1.78. The molecule has 0 saturated carbocycles. The smallest absolute Gasteiger partial charge is 0.178 e. The average molecular weight is 218 g/mol. The monoisotopic (exact) mass is 218 g/mol. The van der Waals surface area contributed by atoms with Gasteiger partial charge in [0, 0.05) is 12.7 Å². The van der Waals surface area contributed by atoms with Gasteiger partial charge in [-0.25, -0.2) is 9.67 Å². The normalized spacial score (nSPS) is 11.4. The van der Waals surface area contributed by atoms with Gasteiger partial charge in [-0.2, -0.15) is 0 Å². The number of hydrogen-bond acceptors (Lipinski definition) is 3. The van der Waals surface area contributed by atoms with Crippen LogP contribution in [-0.4, -0.2) is 20.0 Å². The van der Waals surface area contributed by atoms with Gasteiger partial charge in [-0.05, 0) is 24.5 Å². The van der Waals surface area contributed by atoms with E-state index in [9.17, 15) is 0 Å². The zero-order chi connectivity index (χ0) is 11.4. The molecular formula is C12H18N4. The van der Waals surface area contributed by atoms with Gasteiger partial charge >= 0.3 is 0 Å². The van der Waals surface area contributed by atoms with Crippen LogP contribution in [0.1, 0.15) is 33.1 Å². The van der Waals surface area contributed by atoms with Gasteiger partial charge in [0.25, 0.3) is 0 Å². The van der Waals surface area contributed by atoms with Gasteiger partial charge in [-0.3, -0.25) is 0 Å². The molecule has 0 N–H and O–H groups in total. The predicted octanol–water partition coefficient (Wildman–Crippen LogP) is 2.65. The van der Waals surface area contributed by atoms with Gasteiger partial charge in [-0.1, -0.05) is 31.9 Å². The Morgan fingerprint density at radius 2 is 2.19 bits per heavy atom. The van der Waals surface area contributed by atoms with E-state index >= 15 is 0 Å². The molecule has 0 aromatic carbocycles. The second kappa shape index (κ2) is 5.05. The fourth-order valence-corrected chi connectivity index (χ4v) is 1.77. The maximum absolute atomic E-state index is 4.29. The number of unbranched alkanes of at least 4 members (excludes halogenated alkanes) is 1. The zero-order valence-electron chi connectivity index (χ0n) is 9.93. The topological polar surface area (TPSA) is 43.6 Å². The first-order valence-corrected chi connectivity index (χ1v) is 5.91. The van der Waals surface area contributed by atoms with Crippen LogP contribution >= 0.6 is 0 Å². The highest BCUT2D eigenvalue weighted by Crippen LogP contribution is 2.10. The van der Waals surface area contributed by atoms with Crippen LogP contribution in [0.3, 0.4) is 0 Å². The van der Waals surface area contributed by atoms with E-state index in [1.165, 1.54) is 12.8 Å². The number of pyridine rings is 1. The van der Waals surface area contributed by atoms with Crippen LogP contribution in [0.4, 0.5) is 0 Å². The molecule has 4 nitrogen and oxygen atoms in total. The number of rotatable bonds is 5. The van der Waals surface area contributed by atoms with Crippen molar-refractivity contribution in [3.8, 4) is 0 Å². The quantitative estimate of drug-likeness (QED) is 0.725. The molecule has 2 aromatic heterocycles. The molecular weight excluding hydrogens is 200 g/mol. The highest BCUT2D eigenvalue weighted by molar-refractivity contribution is 5.68. The van der Waals surface area contributed by atoms with Gasteiger partial charge < -0.3 is 0 Å². The number of hydrogen-bond donors (Lipinski definition) is 0. The third-order valence-corrected chi connectivity index (χ3v) is 2.67. The summed E-state index contributed by atoms with van der Waals surface area (Å²) in [7, 11) is 0. The summed E-state index contributed by atoms with van der Waals surface area (Å²) in [5.74, 6) is 0.783. The molecule has 2 aromatic rings. The van der Waals surface area contributed by atoms with Crippen molar-refractivity contribution in [1.82, 2.24) is 20.0 Å². The lowest BCUT2D eigenvalue weighted by Gasteiger charge is -2.04. The van der Waals surface area contributed by atoms with Crippen molar-refractivity contribution in [1.29, 1.82) is 0 Å². The lowest BCUT2D eigenvalue weighted by Crippen LogP contribution is -2.02. The summed E-state index contributed by atoms with van der Waals surface area (Å²) in [5, 5.41) is 8.20. The standard InChI is InChI=1S/C12H18N4/c1-10(2)6-3-4-9-16-12-11(14-15-16)7-5-8-13-12/h5,7-8,10H,3-4,6,9H2,1-2H3. The Morgan fingerprint density at radius 1 is 1.31 bits per heavy atom. The predicted molar refractivity (Wildman–Crippen MR) is 64.0 cm³/mol. The van der Waals surface area contributed by atoms with Gasteiger partial charge in [0.1, 0.15) is 5.52 Å². The van der Waals surface area contributed by atoms with Crippen molar-refractivity contribution in [3.05, 3.63) is 18.3 Å². The zero-order valence-corrected chi connectivity index (χ0v) is 9.93. The molecule has 0 radical (unpaired) electrons. The minimum absolute atomic E-state index is 0.783. The molecule has 4 heteroatoms. The molecule has 0 unspecified atom stereocenters. The van der Waals surface area contributed by atoms with E-state index in [4.69, 9.17) is 0 Å². The van der Waals surface area contributed by atoms with Crippen molar-refractivity contribution in [2.24, 2.45) is 5.92 Å². The average Bonchev–Trinajstić information content (AvgIpc) is 2.68. The summed E-state index contributed by atoms with van der Waals surface area (Å²) in [4.78, 5) is 4.29. The van der Waals surface area contributed by atoms with E-state index in [0.717, 1.165) is 30.0 Å². The largest absolute Gasteiger partial charge is 0.235 e. The molecule has 2 rings (SSSR count). The molecule has 0 bridgehead atoms. The molecule has 0 aliphatic rings. The highest BCUT2D eigenvalue weighted by Gasteiger charge is 2.04. The molecule has 0 aliphatic carbocycles.